The number of thioether (sulfide) groups is 1. The third-order valence-corrected chi connectivity index (χ3v) is 5.26. The quantitative estimate of drug-likeness (QED) is 0.440. The van der Waals surface area contributed by atoms with Gasteiger partial charge in [-0.2, -0.15) is 0 Å². The maximum absolute atomic E-state index is 12.1. The van der Waals surface area contributed by atoms with Crippen molar-refractivity contribution in [2.45, 2.75) is 18.2 Å². The predicted molar refractivity (Wildman–Crippen MR) is 89.3 cm³/mol. The fourth-order valence-electron chi connectivity index (χ4n) is 1.67. The predicted octanol–water partition coefficient (Wildman–Crippen LogP) is 4.26. The van der Waals surface area contributed by atoms with E-state index in [4.69, 9.17) is 16.3 Å². The summed E-state index contributed by atoms with van der Waals surface area (Å²) in [5.74, 6) is -0.114. The largest absolute Gasteiger partial charge is 0.462 e. The van der Waals surface area contributed by atoms with Crippen molar-refractivity contribution in [2.24, 2.45) is 0 Å². The molecule has 0 aliphatic heterocycles. The molecule has 0 saturated heterocycles. The number of ether oxygens (including phenoxy) is 1. The highest BCUT2D eigenvalue weighted by atomic mass is 35.5. The van der Waals surface area contributed by atoms with Gasteiger partial charge < -0.3 is 4.74 Å². The van der Waals surface area contributed by atoms with Crippen LogP contribution in [-0.2, 0) is 4.74 Å². The Kier molecular flexibility index (Phi) is 5.99. The highest BCUT2D eigenvalue weighted by Crippen LogP contribution is 2.28. The average Bonchev–Trinajstić information content (AvgIpc) is 2.87. The van der Waals surface area contributed by atoms with Crippen LogP contribution < -0.4 is 0 Å². The summed E-state index contributed by atoms with van der Waals surface area (Å²) in [4.78, 5) is 28.6. The van der Waals surface area contributed by atoms with Gasteiger partial charge in [0.15, 0.2) is 10.1 Å². The number of benzene rings is 1. The smallest absolute Gasteiger partial charge is 0.350 e. The van der Waals surface area contributed by atoms with E-state index < -0.39 is 0 Å². The summed E-state index contributed by atoms with van der Waals surface area (Å²) in [6.07, 6.45) is 0. The summed E-state index contributed by atoms with van der Waals surface area (Å²) in [6.45, 7) is 3.84. The number of hydrogen-bond donors (Lipinski definition) is 0. The Hall–Kier alpha value is -1.37. The standard InChI is InChI=1S/C15H14ClNO3S2/c1-3-20-14(19)13-9(2)17-15(22-13)21-8-12(18)10-4-6-11(16)7-5-10/h4-7H,3,8H2,1-2H3. The molecule has 22 heavy (non-hydrogen) atoms. The number of aryl methyl sites for hydroxylation is 1. The molecular formula is C15H14ClNO3S2. The van der Waals surface area contributed by atoms with Crippen LogP contribution in [0, 0.1) is 6.92 Å². The number of Topliss-reactive ketones (excluding diaryl/α,β-unsaturated/α-hetero) is 1. The van der Waals surface area contributed by atoms with E-state index in [2.05, 4.69) is 4.98 Å². The Morgan fingerprint density at radius 1 is 1.32 bits per heavy atom. The van der Waals surface area contributed by atoms with E-state index in [1.165, 1.54) is 23.1 Å². The van der Waals surface area contributed by atoms with E-state index in [0.29, 0.717) is 32.1 Å². The zero-order valence-electron chi connectivity index (χ0n) is 12.1. The number of thiazole rings is 1. The van der Waals surface area contributed by atoms with Gasteiger partial charge in [0.25, 0.3) is 0 Å². The first-order chi connectivity index (χ1) is 10.5. The SMILES string of the molecule is CCOC(=O)c1sc(SCC(=O)c2ccc(Cl)cc2)nc1C. The van der Waals surface area contributed by atoms with E-state index in [1.807, 2.05) is 0 Å². The molecule has 1 aromatic heterocycles. The molecule has 1 aromatic carbocycles. The molecular weight excluding hydrogens is 342 g/mol. The number of halogens is 1. The van der Waals surface area contributed by atoms with E-state index in [1.54, 1.807) is 38.1 Å². The third kappa shape index (κ3) is 4.32. The first kappa shape index (κ1) is 17.0. The van der Waals surface area contributed by atoms with E-state index in [9.17, 15) is 9.59 Å². The lowest BCUT2D eigenvalue weighted by Gasteiger charge is -1.99. The van der Waals surface area contributed by atoms with Crippen LogP contribution in [0.5, 0.6) is 0 Å². The number of rotatable bonds is 6. The molecule has 0 radical (unpaired) electrons. The first-order valence-corrected chi connectivity index (χ1v) is 8.75. The lowest BCUT2D eigenvalue weighted by Crippen LogP contribution is -2.03. The van der Waals surface area contributed by atoms with Gasteiger partial charge in [0.2, 0.25) is 0 Å². The zero-order chi connectivity index (χ0) is 16.1. The van der Waals surface area contributed by atoms with Crippen LogP contribution in [0.15, 0.2) is 28.6 Å². The summed E-state index contributed by atoms with van der Waals surface area (Å²) in [5.41, 5.74) is 1.24. The topological polar surface area (TPSA) is 56.3 Å². The zero-order valence-corrected chi connectivity index (χ0v) is 14.5. The Morgan fingerprint density at radius 2 is 2.00 bits per heavy atom. The second-order valence-corrected chi connectivity index (χ2v) is 6.99. The number of carbonyl (C=O) groups excluding carboxylic acids is 2. The fourth-order valence-corrected chi connectivity index (χ4v) is 3.77. The molecule has 2 aromatic rings. The minimum Gasteiger partial charge on any atom is -0.462 e. The molecule has 0 amide bonds. The molecule has 116 valence electrons. The molecule has 1 heterocycles. The van der Waals surface area contributed by atoms with Gasteiger partial charge in [-0.25, -0.2) is 9.78 Å². The average molecular weight is 356 g/mol. The third-order valence-electron chi connectivity index (χ3n) is 2.73. The minimum atomic E-state index is -0.367. The molecule has 0 bridgehead atoms. The number of nitrogens with zero attached hydrogens (tertiary/aromatic N) is 1. The van der Waals surface area contributed by atoms with Crippen LogP contribution >= 0.6 is 34.7 Å². The van der Waals surface area contributed by atoms with Crippen molar-refractivity contribution in [1.29, 1.82) is 0 Å². The molecule has 0 saturated carbocycles. The van der Waals surface area contributed by atoms with Gasteiger partial charge in [-0.05, 0) is 38.1 Å². The molecule has 0 aliphatic carbocycles. The van der Waals surface area contributed by atoms with Crippen LogP contribution in [0.2, 0.25) is 5.02 Å². The highest BCUT2D eigenvalue weighted by molar-refractivity contribution is 8.01. The van der Waals surface area contributed by atoms with Gasteiger partial charge in [0.05, 0.1) is 18.1 Å². The van der Waals surface area contributed by atoms with Crippen LogP contribution in [0.4, 0.5) is 0 Å². The molecule has 4 nitrogen and oxygen atoms in total. The maximum Gasteiger partial charge on any atom is 0.350 e. The van der Waals surface area contributed by atoms with E-state index in [0.717, 1.165) is 0 Å². The molecule has 0 atom stereocenters. The van der Waals surface area contributed by atoms with Crippen molar-refractivity contribution < 1.29 is 14.3 Å². The van der Waals surface area contributed by atoms with Gasteiger partial charge in [0.1, 0.15) is 4.88 Å². The lowest BCUT2D eigenvalue weighted by molar-refractivity contribution is 0.0531. The van der Waals surface area contributed by atoms with Gasteiger partial charge in [-0.15, -0.1) is 11.3 Å². The Bertz CT molecular complexity index is 683. The van der Waals surface area contributed by atoms with Gasteiger partial charge in [0, 0.05) is 10.6 Å². The lowest BCUT2D eigenvalue weighted by atomic mass is 10.1. The highest BCUT2D eigenvalue weighted by Gasteiger charge is 2.17. The van der Waals surface area contributed by atoms with Crippen molar-refractivity contribution in [3.63, 3.8) is 0 Å². The minimum absolute atomic E-state index is 0.00722. The number of ketones is 1. The maximum atomic E-state index is 12.1. The second-order valence-electron chi connectivity index (χ2n) is 4.33. The molecule has 2 rings (SSSR count). The molecule has 7 heteroatoms. The monoisotopic (exact) mass is 355 g/mol. The van der Waals surface area contributed by atoms with Crippen LogP contribution in [0.1, 0.15) is 32.6 Å². The number of esters is 1. The van der Waals surface area contributed by atoms with E-state index >= 15 is 0 Å². The number of aromatic nitrogens is 1. The summed E-state index contributed by atoms with van der Waals surface area (Å²) in [7, 11) is 0. The summed E-state index contributed by atoms with van der Waals surface area (Å²) >= 11 is 8.36. The molecule has 0 fully saturated rings. The first-order valence-electron chi connectivity index (χ1n) is 6.57. The molecule has 0 unspecified atom stereocenters. The number of carbonyl (C=O) groups is 2. The van der Waals surface area contributed by atoms with Gasteiger partial charge in [-0.3, -0.25) is 4.79 Å². The van der Waals surface area contributed by atoms with Crippen LogP contribution in [-0.4, -0.2) is 29.1 Å². The Balaban J connectivity index is 2.00. The number of hydrogen-bond acceptors (Lipinski definition) is 6. The Labute approximate surface area is 141 Å². The fraction of sp³-hybridized carbons (Fsp3) is 0.267. The molecule has 0 aliphatic rings. The normalized spacial score (nSPS) is 10.5. The molecule has 0 N–H and O–H groups in total. The van der Waals surface area contributed by atoms with Crippen molar-refractivity contribution in [1.82, 2.24) is 4.98 Å². The summed E-state index contributed by atoms with van der Waals surface area (Å²) in [6, 6.07) is 6.77. The van der Waals surface area contributed by atoms with Crippen molar-refractivity contribution in [3.8, 4) is 0 Å². The van der Waals surface area contributed by atoms with Gasteiger partial charge >= 0.3 is 5.97 Å². The Morgan fingerprint density at radius 3 is 2.64 bits per heavy atom. The van der Waals surface area contributed by atoms with Crippen molar-refractivity contribution in [2.75, 3.05) is 12.4 Å². The molecule has 0 spiro atoms. The van der Waals surface area contributed by atoms with Crippen LogP contribution in [0.25, 0.3) is 0 Å². The van der Waals surface area contributed by atoms with E-state index in [-0.39, 0.29) is 17.5 Å². The van der Waals surface area contributed by atoms with Gasteiger partial charge in [-0.1, -0.05) is 23.4 Å². The van der Waals surface area contributed by atoms with Crippen LogP contribution in [0.3, 0.4) is 0 Å². The summed E-state index contributed by atoms with van der Waals surface area (Å²) in [5, 5.41) is 0.596. The second kappa shape index (κ2) is 7.76. The van der Waals surface area contributed by atoms with Crippen molar-refractivity contribution >= 4 is 46.5 Å². The van der Waals surface area contributed by atoms with Crippen molar-refractivity contribution in [3.05, 3.63) is 45.4 Å². The summed E-state index contributed by atoms with van der Waals surface area (Å²) < 4.78 is 5.65.